The van der Waals surface area contributed by atoms with E-state index in [1.165, 1.54) is 0 Å². The molecule has 13 heavy (non-hydrogen) atoms. The number of fused-ring (bicyclic) bond motifs is 1. The summed E-state index contributed by atoms with van der Waals surface area (Å²) in [6.45, 7) is 1.97. The zero-order chi connectivity index (χ0) is 9.59. The van der Waals surface area contributed by atoms with Crippen LogP contribution in [0.1, 0.15) is 13.3 Å². The first-order chi connectivity index (χ1) is 6.09. The quantitative estimate of drug-likeness (QED) is 0.547. The third kappa shape index (κ3) is 1.07. The molecule has 3 amide bonds. The topological polar surface area (TPSA) is 75.4 Å². The fourth-order valence-electron chi connectivity index (χ4n) is 1.80. The lowest BCUT2D eigenvalue weighted by molar-refractivity contribution is -0.141. The zero-order valence-electron chi connectivity index (χ0n) is 7.28. The van der Waals surface area contributed by atoms with Gasteiger partial charge in [0, 0.05) is 24.2 Å². The minimum Gasteiger partial charge on any atom is -0.351 e. The van der Waals surface area contributed by atoms with Gasteiger partial charge < -0.3 is 16.0 Å². The average Bonchev–Trinajstić information content (AvgIpc) is 2.27. The van der Waals surface area contributed by atoms with Crippen LogP contribution in [0.25, 0.3) is 0 Å². The molecule has 0 saturated carbocycles. The van der Waals surface area contributed by atoms with E-state index in [4.69, 9.17) is 5.73 Å². The highest BCUT2D eigenvalue weighted by Gasteiger charge is 2.44. The summed E-state index contributed by atoms with van der Waals surface area (Å²) in [6, 6.07) is -0.345. The molecule has 0 spiro atoms. The largest absolute Gasteiger partial charge is 0.351 e. The highest BCUT2D eigenvalue weighted by molar-refractivity contribution is 5.86. The van der Waals surface area contributed by atoms with E-state index in [-0.39, 0.29) is 17.9 Å². The Kier molecular flexibility index (Phi) is 1.55. The van der Waals surface area contributed by atoms with E-state index in [1.807, 2.05) is 6.92 Å². The second kappa shape index (κ2) is 2.48. The third-order valence-electron chi connectivity index (χ3n) is 2.64. The Morgan fingerprint density at radius 1 is 1.77 bits per heavy atom. The summed E-state index contributed by atoms with van der Waals surface area (Å²) in [4.78, 5) is 23.3. The molecule has 2 heterocycles. The summed E-state index contributed by atoms with van der Waals surface area (Å²) < 4.78 is 0. The number of carbonyl (C=O) groups excluding carboxylic acids is 2. The van der Waals surface area contributed by atoms with Crippen LogP contribution in [0.5, 0.6) is 0 Å². The van der Waals surface area contributed by atoms with Crippen molar-refractivity contribution in [3.05, 3.63) is 11.9 Å². The minimum absolute atomic E-state index is 0.109. The van der Waals surface area contributed by atoms with Crippen LogP contribution in [-0.4, -0.2) is 22.9 Å². The summed E-state index contributed by atoms with van der Waals surface area (Å²) in [5.74, 6) is 0.295. The fourth-order valence-corrected chi connectivity index (χ4v) is 1.80. The SMILES string of the molecule is C[C@H]1C(NC(N)=O)=CN2C(=O)C[C@@H]12. The second-order valence-corrected chi connectivity index (χ2v) is 3.43. The van der Waals surface area contributed by atoms with Gasteiger partial charge in [-0.25, -0.2) is 4.79 Å². The van der Waals surface area contributed by atoms with Crippen LogP contribution in [0.15, 0.2) is 11.9 Å². The Hall–Kier alpha value is -1.52. The van der Waals surface area contributed by atoms with Crippen molar-refractivity contribution in [2.75, 3.05) is 0 Å². The fraction of sp³-hybridized carbons (Fsp3) is 0.500. The van der Waals surface area contributed by atoms with Crippen molar-refractivity contribution in [3.63, 3.8) is 0 Å². The molecule has 0 unspecified atom stereocenters. The lowest BCUT2D eigenvalue weighted by Gasteiger charge is -2.35. The molecule has 0 aromatic heterocycles. The Bertz CT molecular complexity index is 311. The molecule has 1 fully saturated rings. The standard InChI is InChI=1S/C8H11N3O2/c1-4-5(10-8(9)13)3-11-6(4)2-7(11)12/h3-4,6H,2H2,1H3,(H3,9,10,13)/t4-,6-/m0/s1. The van der Waals surface area contributed by atoms with Crippen LogP contribution in [0.3, 0.4) is 0 Å². The molecule has 2 rings (SSSR count). The number of carbonyl (C=O) groups is 2. The van der Waals surface area contributed by atoms with Gasteiger partial charge in [-0.15, -0.1) is 0 Å². The highest BCUT2D eigenvalue weighted by atomic mass is 16.2. The summed E-state index contributed by atoms with van der Waals surface area (Å²) in [7, 11) is 0. The van der Waals surface area contributed by atoms with Crippen LogP contribution in [0, 0.1) is 5.92 Å². The van der Waals surface area contributed by atoms with E-state index in [2.05, 4.69) is 5.32 Å². The predicted octanol–water partition coefficient (Wildman–Crippen LogP) is -0.253. The Balaban J connectivity index is 2.12. The van der Waals surface area contributed by atoms with E-state index in [1.54, 1.807) is 11.1 Å². The Morgan fingerprint density at radius 2 is 2.46 bits per heavy atom. The van der Waals surface area contributed by atoms with Gasteiger partial charge in [-0.05, 0) is 0 Å². The number of urea groups is 1. The molecule has 70 valence electrons. The number of nitrogens with one attached hydrogen (secondary N) is 1. The Labute approximate surface area is 75.6 Å². The number of hydrogen-bond donors (Lipinski definition) is 2. The predicted molar refractivity (Wildman–Crippen MR) is 45.2 cm³/mol. The minimum atomic E-state index is -0.576. The maximum Gasteiger partial charge on any atom is 0.316 e. The van der Waals surface area contributed by atoms with E-state index < -0.39 is 6.03 Å². The first kappa shape index (κ1) is 8.10. The Morgan fingerprint density at radius 3 is 2.92 bits per heavy atom. The monoisotopic (exact) mass is 181 g/mol. The first-order valence-electron chi connectivity index (χ1n) is 4.19. The smallest absolute Gasteiger partial charge is 0.316 e. The van der Waals surface area contributed by atoms with Gasteiger partial charge in [-0.1, -0.05) is 6.92 Å². The average molecular weight is 181 g/mol. The molecule has 3 N–H and O–H groups in total. The molecule has 0 aromatic carbocycles. The van der Waals surface area contributed by atoms with Crippen molar-refractivity contribution < 1.29 is 9.59 Å². The van der Waals surface area contributed by atoms with Crippen molar-refractivity contribution in [1.82, 2.24) is 10.2 Å². The number of nitrogens with zero attached hydrogens (tertiary/aromatic N) is 1. The van der Waals surface area contributed by atoms with Crippen LogP contribution >= 0.6 is 0 Å². The molecule has 0 radical (unpaired) electrons. The highest BCUT2D eigenvalue weighted by Crippen LogP contribution is 2.36. The molecule has 5 heteroatoms. The zero-order valence-corrected chi connectivity index (χ0v) is 7.28. The number of nitrogens with two attached hydrogens (primary N) is 1. The van der Waals surface area contributed by atoms with E-state index >= 15 is 0 Å². The van der Waals surface area contributed by atoms with Gasteiger partial charge in [0.05, 0.1) is 6.04 Å². The van der Waals surface area contributed by atoms with Gasteiger partial charge in [0.15, 0.2) is 0 Å². The van der Waals surface area contributed by atoms with Gasteiger partial charge in [0.1, 0.15) is 0 Å². The molecule has 0 bridgehead atoms. The molecule has 2 aliphatic heterocycles. The van der Waals surface area contributed by atoms with Gasteiger partial charge in [-0.2, -0.15) is 0 Å². The third-order valence-corrected chi connectivity index (χ3v) is 2.64. The molecule has 2 aliphatic rings. The number of primary amides is 1. The van der Waals surface area contributed by atoms with E-state index in [0.29, 0.717) is 6.42 Å². The first-order valence-corrected chi connectivity index (χ1v) is 4.19. The van der Waals surface area contributed by atoms with Crippen molar-refractivity contribution >= 4 is 11.9 Å². The maximum absolute atomic E-state index is 11.0. The molecule has 1 saturated heterocycles. The number of hydrogen-bond acceptors (Lipinski definition) is 2. The summed E-state index contributed by atoms with van der Waals surface area (Å²) in [5.41, 5.74) is 5.73. The van der Waals surface area contributed by atoms with Crippen molar-refractivity contribution in [2.45, 2.75) is 19.4 Å². The maximum atomic E-state index is 11.0. The normalized spacial score (nSPS) is 30.7. The van der Waals surface area contributed by atoms with Gasteiger partial charge in [0.2, 0.25) is 5.91 Å². The number of amides is 3. The molecule has 0 aromatic rings. The molecular weight excluding hydrogens is 170 g/mol. The van der Waals surface area contributed by atoms with Crippen molar-refractivity contribution in [1.29, 1.82) is 0 Å². The van der Waals surface area contributed by atoms with Gasteiger partial charge >= 0.3 is 6.03 Å². The molecular formula is C8H11N3O2. The van der Waals surface area contributed by atoms with Gasteiger partial charge in [0.25, 0.3) is 0 Å². The van der Waals surface area contributed by atoms with Crippen LogP contribution in [-0.2, 0) is 4.79 Å². The van der Waals surface area contributed by atoms with Crippen LogP contribution < -0.4 is 11.1 Å². The summed E-state index contributed by atoms with van der Waals surface area (Å²) >= 11 is 0. The lowest BCUT2D eigenvalue weighted by atomic mass is 9.93. The number of rotatable bonds is 1. The lowest BCUT2D eigenvalue weighted by Crippen LogP contribution is -2.49. The van der Waals surface area contributed by atoms with Crippen LogP contribution in [0.2, 0.25) is 0 Å². The van der Waals surface area contributed by atoms with Crippen LogP contribution in [0.4, 0.5) is 4.79 Å². The van der Waals surface area contributed by atoms with E-state index in [9.17, 15) is 9.59 Å². The molecule has 0 aliphatic carbocycles. The van der Waals surface area contributed by atoms with Crippen molar-refractivity contribution in [2.24, 2.45) is 11.7 Å². The van der Waals surface area contributed by atoms with Gasteiger partial charge in [-0.3, -0.25) is 4.79 Å². The summed E-state index contributed by atoms with van der Waals surface area (Å²) in [5, 5.41) is 2.52. The summed E-state index contributed by atoms with van der Waals surface area (Å²) in [6.07, 6.45) is 2.24. The molecule has 5 nitrogen and oxygen atoms in total. The number of β-lactam (4-membered cyclic amide) rings is 1. The molecule has 2 atom stereocenters. The van der Waals surface area contributed by atoms with Crippen molar-refractivity contribution in [3.8, 4) is 0 Å². The second-order valence-electron chi connectivity index (χ2n) is 3.43. The van der Waals surface area contributed by atoms with E-state index in [0.717, 1.165) is 5.70 Å².